The van der Waals surface area contributed by atoms with Gasteiger partial charge in [0.2, 0.25) is 0 Å². The van der Waals surface area contributed by atoms with Gasteiger partial charge in [-0.1, -0.05) is 0 Å². The fourth-order valence-electron chi connectivity index (χ4n) is 1.86. The van der Waals surface area contributed by atoms with E-state index in [0.29, 0.717) is 11.5 Å². The third-order valence-electron chi connectivity index (χ3n) is 2.78. The van der Waals surface area contributed by atoms with Crippen LogP contribution in [-0.4, -0.2) is 31.2 Å². The van der Waals surface area contributed by atoms with E-state index in [1.807, 2.05) is 12.1 Å². The Balaban J connectivity index is 1.93. The first-order chi connectivity index (χ1) is 9.28. The predicted molar refractivity (Wildman–Crippen MR) is 72.9 cm³/mol. The molecule has 3 rings (SSSR count). The molecule has 3 heterocycles. The smallest absolute Gasteiger partial charge is 0.348 e. The Morgan fingerprint density at radius 3 is 3.26 bits per heavy atom. The summed E-state index contributed by atoms with van der Waals surface area (Å²) in [6.07, 6.45) is 1.77. The van der Waals surface area contributed by atoms with Crippen LogP contribution in [0.1, 0.15) is 9.67 Å². The Hall–Kier alpha value is -2.08. The zero-order valence-electron chi connectivity index (χ0n) is 10.3. The molecule has 0 unspecified atom stereocenters. The number of carbonyl (C=O) groups excluding carboxylic acids is 1. The minimum atomic E-state index is -0.319. The highest BCUT2D eigenvalue weighted by atomic mass is 32.1. The van der Waals surface area contributed by atoms with Gasteiger partial charge in [-0.15, -0.1) is 11.3 Å². The van der Waals surface area contributed by atoms with Crippen molar-refractivity contribution in [3.63, 3.8) is 0 Å². The molecule has 2 aromatic rings. The quantitative estimate of drug-likeness (QED) is 0.853. The van der Waals surface area contributed by atoms with Crippen LogP contribution in [0.2, 0.25) is 0 Å². The van der Waals surface area contributed by atoms with Crippen LogP contribution >= 0.6 is 11.3 Å². The summed E-state index contributed by atoms with van der Waals surface area (Å²) < 4.78 is 10.2. The van der Waals surface area contributed by atoms with E-state index in [4.69, 9.17) is 9.47 Å². The van der Waals surface area contributed by atoms with Crippen molar-refractivity contribution in [3.05, 3.63) is 29.3 Å². The first-order valence-corrected chi connectivity index (χ1v) is 6.65. The molecule has 2 aromatic heterocycles. The summed E-state index contributed by atoms with van der Waals surface area (Å²) in [5.41, 5.74) is 0.933. The Labute approximate surface area is 114 Å². The van der Waals surface area contributed by atoms with Crippen LogP contribution < -0.4 is 10.1 Å². The van der Waals surface area contributed by atoms with Gasteiger partial charge in [0.05, 0.1) is 13.7 Å². The van der Waals surface area contributed by atoms with Crippen LogP contribution in [-0.2, 0) is 4.74 Å². The van der Waals surface area contributed by atoms with E-state index in [2.05, 4.69) is 10.3 Å². The van der Waals surface area contributed by atoms with Crippen molar-refractivity contribution in [2.75, 3.05) is 25.6 Å². The van der Waals surface area contributed by atoms with Gasteiger partial charge in [-0.2, -0.15) is 0 Å². The summed E-state index contributed by atoms with van der Waals surface area (Å²) in [5.74, 6) is 1.19. The number of carbonyl (C=O) groups is 1. The summed E-state index contributed by atoms with van der Waals surface area (Å²) in [4.78, 5) is 17.3. The molecular formula is C13H12N2O3S. The molecule has 0 amide bonds. The molecule has 19 heavy (non-hydrogen) atoms. The van der Waals surface area contributed by atoms with Crippen LogP contribution in [0.5, 0.6) is 5.75 Å². The van der Waals surface area contributed by atoms with Crippen molar-refractivity contribution < 1.29 is 14.3 Å². The summed E-state index contributed by atoms with van der Waals surface area (Å²) in [7, 11) is 1.38. The van der Waals surface area contributed by atoms with Gasteiger partial charge in [0, 0.05) is 16.6 Å². The number of nitrogens with one attached hydrogen (secondary N) is 1. The van der Waals surface area contributed by atoms with Crippen molar-refractivity contribution in [1.29, 1.82) is 0 Å². The van der Waals surface area contributed by atoms with Crippen LogP contribution in [0.4, 0.5) is 5.82 Å². The number of ether oxygens (including phenoxy) is 2. The molecule has 1 aliphatic heterocycles. The van der Waals surface area contributed by atoms with Gasteiger partial charge in [0.25, 0.3) is 0 Å². The molecule has 98 valence electrons. The van der Waals surface area contributed by atoms with Gasteiger partial charge in [0.15, 0.2) is 11.6 Å². The number of rotatable bonds is 2. The van der Waals surface area contributed by atoms with Crippen molar-refractivity contribution in [2.45, 2.75) is 0 Å². The third kappa shape index (κ3) is 2.26. The number of anilines is 1. The van der Waals surface area contributed by atoms with E-state index in [-0.39, 0.29) is 5.97 Å². The first kappa shape index (κ1) is 12.0. The fraction of sp³-hybridized carbons (Fsp3) is 0.231. The lowest BCUT2D eigenvalue weighted by Gasteiger charge is -2.18. The van der Waals surface area contributed by atoms with Crippen molar-refractivity contribution in [1.82, 2.24) is 4.98 Å². The van der Waals surface area contributed by atoms with Crippen LogP contribution in [0, 0.1) is 0 Å². The highest BCUT2D eigenvalue weighted by Gasteiger charge is 2.14. The second kappa shape index (κ2) is 4.89. The standard InChI is InChI=1S/C13H12N2O3S/c1-17-13(16)11-3-2-10(19-11)8-6-9-12(15-7-8)14-4-5-18-9/h2-3,6-7H,4-5H2,1H3,(H,14,15). The number of hydrogen-bond acceptors (Lipinski definition) is 6. The average molecular weight is 276 g/mol. The van der Waals surface area contributed by atoms with Crippen molar-refractivity contribution in [2.24, 2.45) is 0 Å². The summed E-state index contributed by atoms with van der Waals surface area (Å²) in [6, 6.07) is 5.57. The summed E-state index contributed by atoms with van der Waals surface area (Å²) in [6.45, 7) is 1.40. The Kier molecular flexibility index (Phi) is 3.08. The lowest BCUT2D eigenvalue weighted by Crippen LogP contribution is -2.18. The molecule has 0 bridgehead atoms. The second-order valence-electron chi connectivity index (χ2n) is 4.00. The van der Waals surface area contributed by atoms with Crippen LogP contribution in [0.15, 0.2) is 24.4 Å². The van der Waals surface area contributed by atoms with E-state index in [9.17, 15) is 4.79 Å². The largest absolute Gasteiger partial charge is 0.488 e. The normalized spacial score (nSPS) is 13.1. The molecule has 0 aromatic carbocycles. The minimum absolute atomic E-state index is 0.319. The number of fused-ring (bicyclic) bond motifs is 1. The number of esters is 1. The number of methoxy groups -OCH3 is 1. The first-order valence-electron chi connectivity index (χ1n) is 5.83. The highest BCUT2D eigenvalue weighted by Crippen LogP contribution is 2.33. The van der Waals surface area contributed by atoms with E-state index in [1.54, 1.807) is 12.3 Å². The maximum Gasteiger partial charge on any atom is 0.348 e. The van der Waals surface area contributed by atoms with Gasteiger partial charge < -0.3 is 14.8 Å². The Bertz CT molecular complexity index is 624. The van der Waals surface area contributed by atoms with Gasteiger partial charge in [-0.25, -0.2) is 9.78 Å². The predicted octanol–water partition coefficient (Wildman–Crippen LogP) is 2.40. The molecule has 5 nitrogen and oxygen atoms in total. The maximum atomic E-state index is 11.4. The van der Waals surface area contributed by atoms with Crippen molar-refractivity contribution >= 4 is 23.1 Å². The monoisotopic (exact) mass is 276 g/mol. The SMILES string of the molecule is COC(=O)c1ccc(-c2cnc3c(c2)OCCN3)s1. The van der Waals surface area contributed by atoms with Crippen molar-refractivity contribution in [3.8, 4) is 16.2 Å². The molecule has 0 radical (unpaired) electrons. The lowest BCUT2D eigenvalue weighted by molar-refractivity contribution is 0.0606. The number of hydrogen-bond donors (Lipinski definition) is 1. The molecule has 0 saturated heterocycles. The summed E-state index contributed by atoms with van der Waals surface area (Å²) >= 11 is 1.38. The number of thiophene rings is 1. The zero-order chi connectivity index (χ0) is 13.2. The molecule has 1 N–H and O–H groups in total. The molecule has 0 spiro atoms. The molecule has 6 heteroatoms. The second-order valence-corrected chi connectivity index (χ2v) is 5.09. The average Bonchev–Trinajstić information content (AvgIpc) is 2.95. The zero-order valence-corrected chi connectivity index (χ0v) is 11.1. The topological polar surface area (TPSA) is 60.5 Å². The summed E-state index contributed by atoms with van der Waals surface area (Å²) in [5, 5.41) is 3.17. The lowest BCUT2D eigenvalue weighted by atomic mass is 10.2. The highest BCUT2D eigenvalue weighted by molar-refractivity contribution is 7.17. The molecule has 0 aliphatic carbocycles. The number of pyridine rings is 1. The fourth-order valence-corrected chi connectivity index (χ4v) is 2.76. The Morgan fingerprint density at radius 2 is 2.42 bits per heavy atom. The molecular weight excluding hydrogens is 264 g/mol. The van der Waals surface area contributed by atoms with Gasteiger partial charge >= 0.3 is 5.97 Å². The van der Waals surface area contributed by atoms with Gasteiger partial charge in [-0.3, -0.25) is 0 Å². The van der Waals surface area contributed by atoms with Crippen LogP contribution in [0.3, 0.4) is 0 Å². The number of aromatic nitrogens is 1. The molecule has 1 aliphatic rings. The van der Waals surface area contributed by atoms with E-state index >= 15 is 0 Å². The molecule has 0 atom stereocenters. The maximum absolute atomic E-state index is 11.4. The minimum Gasteiger partial charge on any atom is -0.488 e. The molecule has 0 fully saturated rings. The molecule has 0 saturated carbocycles. The van der Waals surface area contributed by atoms with Gasteiger partial charge in [0.1, 0.15) is 11.5 Å². The number of nitrogens with zero attached hydrogens (tertiary/aromatic N) is 1. The van der Waals surface area contributed by atoms with E-state index in [1.165, 1.54) is 18.4 Å². The third-order valence-corrected chi connectivity index (χ3v) is 3.90. The van der Waals surface area contributed by atoms with E-state index < -0.39 is 0 Å². The van der Waals surface area contributed by atoms with Crippen LogP contribution in [0.25, 0.3) is 10.4 Å². The Morgan fingerprint density at radius 1 is 1.53 bits per heavy atom. The van der Waals surface area contributed by atoms with E-state index in [0.717, 1.165) is 28.6 Å². The van der Waals surface area contributed by atoms with Gasteiger partial charge in [-0.05, 0) is 18.2 Å².